The van der Waals surface area contributed by atoms with Crippen molar-refractivity contribution in [1.82, 2.24) is 0 Å². The summed E-state index contributed by atoms with van der Waals surface area (Å²) >= 11 is 0. The van der Waals surface area contributed by atoms with E-state index in [9.17, 15) is 0 Å². The predicted octanol–water partition coefficient (Wildman–Crippen LogP) is 7.80. The molecule has 0 aliphatic heterocycles. The van der Waals surface area contributed by atoms with Gasteiger partial charge in [0.2, 0.25) is 0 Å². The highest BCUT2D eigenvalue weighted by Crippen LogP contribution is 2.67. The standard InChI is InChI=1S/C26H42/c1-18(2)9-8-10-19(3)22-12-13-23-21-17-20-11-6-7-15-25(20,4)24(21)14-16-26(22,23)5/h6,11,17-19,21-24H,7-10,12-16H2,1-5H3/t19-,21-,22-,23+,24-,25+,26-/m1/s1. The summed E-state index contributed by atoms with van der Waals surface area (Å²) in [7, 11) is 0. The van der Waals surface area contributed by atoms with Crippen molar-refractivity contribution >= 4 is 0 Å². The summed E-state index contributed by atoms with van der Waals surface area (Å²) in [5.74, 6) is 5.55. The van der Waals surface area contributed by atoms with Crippen LogP contribution in [-0.4, -0.2) is 0 Å². The molecule has 2 saturated carbocycles. The van der Waals surface area contributed by atoms with Crippen LogP contribution >= 0.6 is 0 Å². The van der Waals surface area contributed by atoms with Crippen LogP contribution < -0.4 is 0 Å². The van der Waals surface area contributed by atoms with E-state index in [4.69, 9.17) is 0 Å². The monoisotopic (exact) mass is 354 g/mol. The first kappa shape index (κ1) is 18.8. The van der Waals surface area contributed by atoms with Gasteiger partial charge in [-0.25, -0.2) is 0 Å². The predicted molar refractivity (Wildman–Crippen MR) is 113 cm³/mol. The second kappa shape index (κ2) is 6.82. The zero-order valence-electron chi connectivity index (χ0n) is 18.1. The lowest BCUT2D eigenvalue weighted by atomic mass is 9.53. The molecule has 0 aromatic rings. The highest BCUT2D eigenvalue weighted by atomic mass is 14.6. The average Bonchev–Trinajstić information content (AvgIpc) is 3.08. The lowest BCUT2D eigenvalue weighted by Gasteiger charge is -2.51. The smallest absolute Gasteiger partial charge is 0.00415 e. The Bertz CT molecular complexity index is 581. The third kappa shape index (κ3) is 2.85. The van der Waals surface area contributed by atoms with Crippen LogP contribution in [0.2, 0.25) is 0 Å². The van der Waals surface area contributed by atoms with Gasteiger partial charge in [-0.05, 0) is 90.4 Å². The summed E-state index contributed by atoms with van der Waals surface area (Å²) in [5, 5.41) is 0. The van der Waals surface area contributed by atoms with Crippen LogP contribution in [0.15, 0.2) is 23.8 Å². The van der Waals surface area contributed by atoms with E-state index >= 15 is 0 Å². The molecule has 0 heteroatoms. The molecular weight excluding hydrogens is 312 g/mol. The van der Waals surface area contributed by atoms with Crippen LogP contribution in [0.5, 0.6) is 0 Å². The molecule has 7 atom stereocenters. The van der Waals surface area contributed by atoms with Crippen molar-refractivity contribution in [2.24, 2.45) is 46.3 Å². The number of allylic oxidation sites excluding steroid dienone is 4. The third-order valence-corrected chi connectivity index (χ3v) is 9.51. The van der Waals surface area contributed by atoms with Gasteiger partial charge in [0.1, 0.15) is 0 Å². The quantitative estimate of drug-likeness (QED) is 0.472. The normalized spacial score (nSPS) is 45.2. The molecule has 0 aromatic heterocycles. The van der Waals surface area contributed by atoms with Gasteiger partial charge in [-0.15, -0.1) is 0 Å². The molecule has 0 bridgehead atoms. The molecule has 0 unspecified atom stereocenters. The van der Waals surface area contributed by atoms with Gasteiger partial charge in [-0.3, -0.25) is 0 Å². The molecule has 0 amide bonds. The lowest BCUT2D eigenvalue weighted by Crippen LogP contribution is -2.44. The molecule has 4 rings (SSSR count). The second-order valence-electron chi connectivity index (χ2n) is 11.3. The third-order valence-electron chi connectivity index (χ3n) is 9.51. The van der Waals surface area contributed by atoms with Crippen molar-refractivity contribution in [1.29, 1.82) is 0 Å². The molecule has 146 valence electrons. The van der Waals surface area contributed by atoms with Gasteiger partial charge in [0.25, 0.3) is 0 Å². The highest BCUT2D eigenvalue weighted by Gasteiger charge is 2.59. The minimum Gasteiger partial charge on any atom is -0.0842 e. The van der Waals surface area contributed by atoms with Crippen molar-refractivity contribution < 1.29 is 0 Å². The molecule has 26 heavy (non-hydrogen) atoms. The molecule has 0 N–H and O–H groups in total. The van der Waals surface area contributed by atoms with Gasteiger partial charge in [0.15, 0.2) is 0 Å². The Labute approximate surface area is 162 Å². The molecule has 4 aliphatic rings. The largest absolute Gasteiger partial charge is 0.0842 e. The first-order valence-electron chi connectivity index (χ1n) is 11.7. The second-order valence-corrected chi connectivity index (χ2v) is 11.3. The maximum Gasteiger partial charge on any atom is -0.00415 e. The molecule has 0 radical (unpaired) electrons. The van der Waals surface area contributed by atoms with Crippen LogP contribution in [0.3, 0.4) is 0 Å². The van der Waals surface area contributed by atoms with Gasteiger partial charge in [0.05, 0.1) is 0 Å². The summed E-state index contributed by atoms with van der Waals surface area (Å²) in [5.41, 5.74) is 2.82. The van der Waals surface area contributed by atoms with Crippen LogP contribution in [0.4, 0.5) is 0 Å². The summed E-state index contributed by atoms with van der Waals surface area (Å²) in [6.45, 7) is 12.6. The Morgan fingerprint density at radius 2 is 1.81 bits per heavy atom. The Kier molecular flexibility index (Phi) is 4.94. The molecule has 0 spiro atoms. The highest BCUT2D eigenvalue weighted by molar-refractivity contribution is 5.37. The fourth-order valence-electron chi connectivity index (χ4n) is 7.98. The van der Waals surface area contributed by atoms with E-state index in [1.807, 2.05) is 0 Å². The zero-order chi connectivity index (χ0) is 18.5. The van der Waals surface area contributed by atoms with Gasteiger partial charge in [0, 0.05) is 0 Å². The molecular formula is C26H42. The minimum absolute atomic E-state index is 0.502. The van der Waals surface area contributed by atoms with Gasteiger partial charge < -0.3 is 0 Å². The number of hydrogen-bond donors (Lipinski definition) is 0. The summed E-state index contributed by atoms with van der Waals surface area (Å²) in [6, 6.07) is 0. The van der Waals surface area contributed by atoms with E-state index in [2.05, 4.69) is 52.8 Å². The van der Waals surface area contributed by atoms with Crippen molar-refractivity contribution in [3.8, 4) is 0 Å². The van der Waals surface area contributed by atoms with Crippen molar-refractivity contribution in [2.75, 3.05) is 0 Å². The molecule has 4 aliphatic carbocycles. The fourth-order valence-corrected chi connectivity index (χ4v) is 7.98. The van der Waals surface area contributed by atoms with E-state index in [0.29, 0.717) is 10.8 Å². The van der Waals surface area contributed by atoms with Crippen molar-refractivity contribution in [3.05, 3.63) is 23.8 Å². The Hall–Kier alpha value is -0.520. The summed E-state index contributed by atoms with van der Waals surface area (Å²) in [4.78, 5) is 0. The molecule has 0 nitrogen and oxygen atoms in total. The van der Waals surface area contributed by atoms with E-state index in [-0.39, 0.29) is 0 Å². The molecule has 0 saturated heterocycles. The number of fused-ring (bicyclic) bond motifs is 5. The topological polar surface area (TPSA) is 0 Å². The van der Waals surface area contributed by atoms with Gasteiger partial charge in [-0.2, -0.15) is 0 Å². The van der Waals surface area contributed by atoms with Crippen LogP contribution in [-0.2, 0) is 0 Å². The van der Waals surface area contributed by atoms with E-state index in [1.165, 1.54) is 57.8 Å². The average molecular weight is 355 g/mol. The Morgan fingerprint density at radius 3 is 2.58 bits per heavy atom. The van der Waals surface area contributed by atoms with Crippen LogP contribution in [0.1, 0.15) is 92.4 Å². The van der Waals surface area contributed by atoms with Crippen molar-refractivity contribution in [2.45, 2.75) is 92.4 Å². The first-order valence-corrected chi connectivity index (χ1v) is 11.7. The van der Waals surface area contributed by atoms with Crippen molar-refractivity contribution in [3.63, 3.8) is 0 Å². The summed E-state index contributed by atoms with van der Waals surface area (Å²) in [6.07, 6.45) is 20.7. The SMILES string of the molecule is CC(C)CCC[C@@H](C)[C@H]1CC[C@H]2[C@H]3C=C4C=CCC[C@]4(C)[C@@H]3CC[C@]12C. The van der Waals surface area contributed by atoms with E-state index in [0.717, 1.165) is 35.5 Å². The first-order chi connectivity index (χ1) is 12.4. The Balaban J connectivity index is 1.50. The van der Waals surface area contributed by atoms with E-state index in [1.54, 1.807) is 5.57 Å². The maximum absolute atomic E-state index is 2.76. The molecule has 2 fully saturated rings. The fraction of sp³-hybridized carbons (Fsp3) is 0.846. The van der Waals surface area contributed by atoms with Gasteiger partial charge in [-0.1, -0.05) is 72.1 Å². The summed E-state index contributed by atoms with van der Waals surface area (Å²) < 4.78 is 0. The number of rotatable bonds is 5. The number of hydrogen-bond acceptors (Lipinski definition) is 0. The minimum atomic E-state index is 0.502. The molecule has 0 heterocycles. The molecule has 0 aromatic carbocycles. The van der Waals surface area contributed by atoms with Crippen LogP contribution in [0, 0.1) is 46.3 Å². The zero-order valence-corrected chi connectivity index (χ0v) is 18.1. The maximum atomic E-state index is 2.76. The van der Waals surface area contributed by atoms with Gasteiger partial charge >= 0.3 is 0 Å². The van der Waals surface area contributed by atoms with Crippen LogP contribution in [0.25, 0.3) is 0 Å². The Morgan fingerprint density at radius 1 is 1.00 bits per heavy atom. The van der Waals surface area contributed by atoms with E-state index < -0.39 is 0 Å². The lowest BCUT2D eigenvalue weighted by molar-refractivity contribution is -0.0102.